The molecule has 0 saturated carbocycles. The van der Waals surface area contributed by atoms with Gasteiger partial charge in [0.15, 0.2) is 0 Å². The second-order valence-corrected chi connectivity index (χ2v) is 2.43. The lowest BCUT2D eigenvalue weighted by molar-refractivity contribution is 0.192. The molecule has 0 aliphatic rings. The van der Waals surface area contributed by atoms with Crippen LogP contribution in [0.3, 0.4) is 0 Å². The van der Waals surface area contributed by atoms with E-state index in [1.165, 1.54) is 12.8 Å². The first kappa shape index (κ1) is 10.5. The van der Waals surface area contributed by atoms with E-state index < -0.39 is 0 Å². The number of rotatable bonds is 7. The molecule has 0 heterocycles. The molecule has 0 unspecified atom stereocenters. The molecule has 0 aromatic rings. The lowest BCUT2D eigenvalue weighted by atomic mass is 10.2. The number of terminal acetylenes is 1. The third-order valence-corrected chi connectivity index (χ3v) is 1.43. The van der Waals surface area contributed by atoms with Crippen molar-refractivity contribution < 1.29 is 4.74 Å². The van der Waals surface area contributed by atoms with Crippen molar-refractivity contribution in [1.82, 2.24) is 5.32 Å². The molecule has 11 heavy (non-hydrogen) atoms. The first-order chi connectivity index (χ1) is 5.41. The normalized spacial score (nSPS) is 9.45. The monoisotopic (exact) mass is 155 g/mol. The summed E-state index contributed by atoms with van der Waals surface area (Å²) >= 11 is 0. The van der Waals surface area contributed by atoms with E-state index in [4.69, 9.17) is 11.2 Å². The summed E-state index contributed by atoms with van der Waals surface area (Å²) in [6, 6.07) is 0. The zero-order chi connectivity index (χ0) is 8.36. The van der Waals surface area contributed by atoms with Gasteiger partial charge in [-0.2, -0.15) is 0 Å². The van der Waals surface area contributed by atoms with Gasteiger partial charge in [-0.3, -0.25) is 0 Å². The van der Waals surface area contributed by atoms with E-state index in [0.29, 0.717) is 6.54 Å². The fourth-order valence-electron chi connectivity index (χ4n) is 0.834. The molecule has 0 bridgehead atoms. The maximum atomic E-state index is 5.06. The Balaban J connectivity index is 2.75. The lowest BCUT2D eigenvalue weighted by Gasteiger charge is -2.00. The van der Waals surface area contributed by atoms with Crippen molar-refractivity contribution in [2.24, 2.45) is 0 Å². The smallest absolute Gasteiger partial charge is 0.0573 e. The summed E-state index contributed by atoms with van der Waals surface area (Å²) in [7, 11) is 1.73. The third kappa shape index (κ3) is 9.48. The highest BCUT2D eigenvalue weighted by molar-refractivity contribution is 4.86. The molecule has 0 aromatic heterocycles. The molecule has 0 radical (unpaired) electrons. The van der Waals surface area contributed by atoms with Crippen molar-refractivity contribution in [3.05, 3.63) is 0 Å². The van der Waals surface area contributed by atoms with Crippen LogP contribution in [-0.4, -0.2) is 26.8 Å². The first-order valence-electron chi connectivity index (χ1n) is 4.05. The maximum absolute atomic E-state index is 5.06. The highest BCUT2D eigenvalue weighted by atomic mass is 16.5. The van der Waals surface area contributed by atoms with Crippen LogP contribution in [0.1, 0.15) is 19.3 Å². The van der Waals surface area contributed by atoms with Gasteiger partial charge in [-0.15, -0.1) is 6.42 Å². The standard InChI is InChI=1S/C9H17NO/c1-3-7-10-8-5-4-6-9-11-2/h1,10H,4-9H2,2H3. The van der Waals surface area contributed by atoms with E-state index in [9.17, 15) is 0 Å². The van der Waals surface area contributed by atoms with Crippen LogP contribution >= 0.6 is 0 Å². The molecule has 0 saturated heterocycles. The Kier molecular flexibility index (Phi) is 9.03. The first-order valence-corrected chi connectivity index (χ1v) is 4.05. The molecule has 0 aliphatic heterocycles. The quantitative estimate of drug-likeness (QED) is 0.438. The second-order valence-electron chi connectivity index (χ2n) is 2.43. The minimum Gasteiger partial charge on any atom is -0.385 e. The Labute approximate surface area is 69.3 Å². The Morgan fingerprint density at radius 2 is 2.18 bits per heavy atom. The molecule has 0 fully saturated rings. The minimum atomic E-state index is 0.685. The molecule has 2 nitrogen and oxygen atoms in total. The van der Waals surface area contributed by atoms with E-state index in [1.54, 1.807) is 7.11 Å². The molecule has 0 aromatic carbocycles. The van der Waals surface area contributed by atoms with E-state index in [-0.39, 0.29) is 0 Å². The highest BCUT2D eigenvalue weighted by Crippen LogP contribution is 1.93. The summed E-state index contributed by atoms with van der Waals surface area (Å²) in [6.07, 6.45) is 8.60. The summed E-state index contributed by atoms with van der Waals surface area (Å²) in [5.41, 5.74) is 0. The lowest BCUT2D eigenvalue weighted by Crippen LogP contribution is -2.15. The molecule has 1 N–H and O–H groups in total. The van der Waals surface area contributed by atoms with Crippen LogP contribution in [0.4, 0.5) is 0 Å². The van der Waals surface area contributed by atoms with Gasteiger partial charge in [0.1, 0.15) is 0 Å². The zero-order valence-corrected chi connectivity index (χ0v) is 7.23. The molecule has 64 valence electrons. The van der Waals surface area contributed by atoms with Crippen molar-refractivity contribution >= 4 is 0 Å². The average molecular weight is 155 g/mol. The van der Waals surface area contributed by atoms with E-state index in [1.807, 2.05) is 0 Å². The van der Waals surface area contributed by atoms with Gasteiger partial charge in [-0.05, 0) is 25.8 Å². The Morgan fingerprint density at radius 1 is 1.36 bits per heavy atom. The van der Waals surface area contributed by atoms with Crippen molar-refractivity contribution in [1.29, 1.82) is 0 Å². The fourth-order valence-corrected chi connectivity index (χ4v) is 0.834. The summed E-state index contributed by atoms with van der Waals surface area (Å²) in [4.78, 5) is 0. The van der Waals surface area contributed by atoms with E-state index in [2.05, 4.69) is 11.2 Å². The predicted molar refractivity (Wildman–Crippen MR) is 47.4 cm³/mol. The summed E-state index contributed by atoms with van der Waals surface area (Å²) in [5.74, 6) is 2.53. The van der Waals surface area contributed by atoms with Crippen LogP contribution < -0.4 is 5.32 Å². The largest absolute Gasteiger partial charge is 0.385 e. The van der Waals surface area contributed by atoms with Gasteiger partial charge in [-0.1, -0.05) is 5.92 Å². The molecular weight excluding hydrogens is 138 g/mol. The second kappa shape index (κ2) is 9.48. The summed E-state index contributed by atoms with van der Waals surface area (Å²) in [5, 5.41) is 3.14. The summed E-state index contributed by atoms with van der Waals surface area (Å²) in [6.45, 7) is 2.58. The molecule has 0 aliphatic carbocycles. The number of hydrogen-bond donors (Lipinski definition) is 1. The molecule has 0 atom stereocenters. The molecule has 0 amide bonds. The number of unbranched alkanes of at least 4 members (excludes halogenated alkanes) is 2. The fraction of sp³-hybridized carbons (Fsp3) is 0.778. The van der Waals surface area contributed by atoms with E-state index in [0.717, 1.165) is 19.6 Å². The third-order valence-electron chi connectivity index (χ3n) is 1.43. The Morgan fingerprint density at radius 3 is 2.82 bits per heavy atom. The van der Waals surface area contributed by atoms with Gasteiger partial charge in [0.05, 0.1) is 6.54 Å². The molecule has 2 heteroatoms. The van der Waals surface area contributed by atoms with E-state index >= 15 is 0 Å². The van der Waals surface area contributed by atoms with Gasteiger partial charge in [-0.25, -0.2) is 0 Å². The van der Waals surface area contributed by atoms with Crippen LogP contribution in [-0.2, 0) is 4.74 Å². The van der Waals surface area contributed by atoms with Crippen LogP contribution in [0.5, 0.6) is 0 Å². The molecule has 0 rings (SSSR count). The van der Waals surface area contributed by atoms with Gasteiger partial charge >= 0.3 is 0 Å². The number of ether oxygens (including phenoxy) is 1. The van der Waals surface area contributed by atoms with Gasteiger partial charge in [0.25, 0.3) is 0 Å². The Hall–Kier alpha value is -0.520. The molecule has 0 spiro atoms. The average Bonchev–Trinajstić information content (AvgIpc) is 2.03. The number of methoxy groups -OCH3 is 1. The topological polar surface area (TPSA) is 21.3 Å². The van der Waals surface area contributed by atoms with Crippen LogP contribution in [0.15, 0.2) is 0 Å². The highest BCUT2D eigenvalue weighted by Gasteiger charge is 1.87. The number of hydrogen-bond acceptors (Lipinski definition) is 2. The van der Waals surface area contributed by atoms with Crippen LogP contribution in [0.25, 0.3) is 0 Å². The Bertz CT molecular complexity index is 107. The van der Waals surface area contributed by atoms with Gasteiger partial charge in [0, 0.05) is 13.7 Å². The minimum absolute atomic E-state index is 0.685. The van der Waals surface area contributed by atoms with Crippen molar-refractivity contribution in [3.63, 3.8) is 0 Å². The summed E-state index contributed by atoms with van der Waals surface area (Å²) < 4.78 is 4.92. The maximum Gasteiger partial charge on any atom is 0.0573 e. The van der Waals surface area contributed by atoms with Crippen molar-refractivity contribution in [2.45, 2.75) is 19.3 Å². The zero-order valence-electron chi connectivity index (χ0n) is 7.23. The van der Waals surface area contributed by atoms with Gasteiger partial charge in [0.2, 0.25) is 0 Å². The van der Waals surface area contributed by atoms with Gasteiger partial charge < -0.3 is 10.1 Å². The predicted octanol–water partition coefficient (Wildman–Crippen LogP) is 1.03. The molecular formula is C9H17NO. The van der Waals surface area contributed by atoms with Crippen molar-refractivity contribution in [3.8, 4) is 12.3 Å². The SMILES string of the molecule is C#CCNCCCCCOC. The number of nitrogens with one attached hydrogen (secondary N) is 1. The van der Waals surface area contributed by atoms with Crippen LogP contribution in [0, 0.1) is 12.3 Å². The van der Waals surface area contributed by atoms with Crippen molar-refractivity contribution in [2.75, 3.05) is 26.8 Å². The van der Waals surface area contributed by atoms with Crippen LogP contribution in [0.2, 0.25) is 0 Å².